The number of nitrogens with one attached hydrogen (secondary N) is 1. The molecule has 32 heavy (non-hydrogen) atoms. The largest absolute Gasteiger partial charge is 0.469 e. The molecule has 0 unspecified atom stereocenters. The van der Waals surface area contributed by atoms with Crippen molar-refractivity contribution in [3.05, 3.63) is 81.2 Å². The van der Waals surface area contributed by atoms with Gasteiger partial charge >= 0.3 is 17.5 Å². The Kier molecular flexibility index (Phi) is 5.79. The first kappa shape index (κ1) is 21.0. The van der Waals surface area contributed by atoms with Crippen LogP contribution in [0.3, 0.4) is 0 Å². The molecule has 1 atom stereocenters. The molecule has 11 heteroatoms. The number of amides is 1. The Balaban J connectivity index is 1.55. The van der Waals surface area contributed by atoms with Gasteiger partial charge in [0.1, 0.15) is 5.76 Å². The molecule has 0 aliphatic rings. The molecule has 1 N–H and O–H groups in total. The van der Waals surface area contributed by atoms with Gasteiger partial charge in [0, 0.05) is 19.5 Å². The lowest BCUT2D eigenvalue weighted by molar-refractivity contribution is 0.0893. The predicted octanol–water partition coefficient (Wildman–Crippen LogP) is 1.33. The molecule has 4 rings (SSSR count). The first-order valence-corrected chi connectivity index (χ1v) is 9.87. The molecular weight excluding hydrogens is 416 g/mol. The van der Waals surface area contributed by atoms with E-state index in [0.29, 0.717) is 18.5 Å². The maximum Gasteiger partial charge on any atom is 0.351 e. The molecule has 0 radical (unpaired) electrons. The minimum Gasteiger partial charge on any atom is -0.469 e. The van der Waals surface area contributed by atoms with Gasteiger partial charge in [-0.2, -0.15) is 14.8 Å². The van der Waals surface area contributed by atoms with Crippen LogP contribution in [0.25, 0.3) is 17.2 Å². The third kappa shape index (κ3) is 4.26. The van der Waals surface area contributed by atoms with E-state index in [4.69, 9.17) is 8.94 Å². The Bertz CT molecular complexity index is 1340. The van der Waals surface area contributed by atoms with E-state index in [1.807, 2.05) is 13.0 Å². The van der Waals surface area contributed by atoms with Crippen molar-refractivity contribution in [3.63, 3.8) is 0 Å². The highest BCUT2D eigenvalue weighted by atomic mass is 16.5. The van der Waals surface area contributed by atoms with Crippen LogP contribution in [0.5, 0.6) is 0 Å². The number of para-hydroxylation sites is 1. The summed E-state index contributed by atoms with van der Waals surface area (Å²) in [5, 5.41) is 10.6. The van der Waals surface area contributed by atoms with Gasteiger partial charge in [-0.15, -0.1) is 0 Å². The van der Waals surface area contributed by atoms with Crippen LogP contribution >= 0.6 is 0 Å². The van der Waals surface area contributed by atoms with Gasteiger partial charge in [-0.25, -0.2) is 4.79 Å². The highest BCUT2D eigenvalue weighted by molar-refractivity contribution is 5.90. The quantitative estimate of drug-likeness (QED) is 0.458. The van der Waals surface area contributed by atoms with Crippen LogP contribution in [0.15, 0.2) is 67.3 Å². The fourth-order valence-corrected chi connectivity index (χ4v) is 3.03. The molecule has 3 heterocycles. The first-order valence-electron chi connectivity index (χ1n) is 9.87. The molecule has 0 saturated heterocycles. The monoisotopic (exact) mass is 436 g/mol. The van der Waals surface area contributed by atoms with Crippen molar-refractivity contribution >= 4 is 5.91 Å². The van der Waals surface area contributed by atoms with Gasteiger partial charge in [-0.1, -0.05) is 23.4 Å². The summed E-state index contributed by atoms with van der Waals surface area (Å²) in [6.45, 7) is 1.84. The van der Waals surface area contributed by atoms with Crippen LogP contribution in [-0.4, -0.2) is 36.4 Å². The van der Waals surface area contributed by atoms with Crippen molar-refractivity contribution in [1.82, 2.24) is 29.8 Å². The van der Waals surface area contributed by atoms with E-state index in [9.17, 15) is 14.4 Å². The van der Waals surface area contributed by atoms with E-state index >= 15 is 0 Å². The number of nitrogens with zero attached hydrogens (tertiary/aromatic N) is 5. The second-order valence-electron chi connectivity index (χ2n) is 7.16. The van der Waals surface area contributed by atoms with Crippen molar-refractivity contribution in [3.8, 4) is 17.2 Å². The number of aryl methyl sites for hydroxylation is 1. The van der Waals surface area contributed by atoms with Crippen LogP contribution in [0.2, 0.25) is 0 Å². The average Bonchev–Trinajstić information content (AvgIpc) is 3.49. The smallest absolute Gasteiger partial charge is 0.351 e. The molecule has 0 spiro atoms. The van der Waals surface area contributed by atoms with Crippen molar-refractivity contribution < 1.29 is 13.7 Å². The number of hydrogen-bond acceptors (Lipinski definition) is 8. The SMILES string of the molecule is C[C@@H](CCc1ccco1)NC(=O)c1nc(-c2nn(-c3ccccc3)c(=O)n(C)c2=O)no1. The number of rotatable bonds is 7. The molecule has 4 aromatic rings. The van der Waals surface area contributed by atoms with Crippen LogP contribution < -0.4 is 16.6 Å². The third-order valence-corrected chi connectivity index (χ3v) is 4.79. The standard InChI is InChI=1S/C21H20N6O5/c1-13(10-11-15-9-6-12-31-15)22-18(28)19-23-17(25-32-19)16-20(29)26(2)21(30)27(24-16)14-7-4-3-5-8-14/h3-9,12-13H,10-11H2,1-2H3,(H,22,28)/t13-/m0/s1. The van der Waals surface area contributed by atoms with E-state index < -0.39 is 17.2 Å². The van der Waals surface area contributed by atoms with Crippen molar-refractivity contribution in [1.29, 1.82) is 0 Å². The zero-order valence-corrected chi connectivity index (χ0v) is 17.4. The van der Waals surface area contributed by atoms with Gasteiger partial charge in [0.15, 0.2) is 5.69 Å². The number of hydrogen-bond donors (Lipinski definition) is 1. The third-order valence-electron chi connectivity index (χ3n) is 4.79. The molecule has 0 saturated carbocycles. The summed E-state index contributed by atoms with van der Waals surface area (Å²) in [7, 11) is 1.32. The normalized spacial score (nSPS) is 11.9. The van der Waals surface area contributed by atoms with Crippen LogP contribution in [0, 0.1) is 0 Å². The number of carbonyl (C=O) groups is 1. The minimum atomic E-state index is -0.707. The number of aromatic nitrogens is 5. The van der Waals surface area contributed by atoms with E-state index in [0.717, 1.165) is 15.0 Å². The minimum absolute atomic E-state index is 0.186. The molecule has 0 aliphatic carbocycles. The highest BCUT2D eigenvalue weighted by Gasteiger charge is 2.22. The van der Waals surface area contributed by atoms with Crippen LogP contribution in [-0.2, 0) is 13.5 Å². The van der Waals surface area contributed by atoms with E-state index in [1.54, 1.807) is 42.7 Å². The van der Waals surface area contributed by atoms with Gasteiger partial charge in [-0.05, 0) is 37.6 Å². The Labute approximate surface area is 181 Å². The Hall–Kier alpha value is -4.28. The molecule has 3 aromatic heterocycles. The van der Waals surface area contributed by atoms with Gasteiger partial charge in [0.05, 0.1) is 12.0 Å². The summed E-state index contributed by atoms with van der Waals surface area (Å²) in [6, 6.07) is 12.1. The number of carbonyl (C=O) groups excluding carboxylic acids is 1. The molecular formula is C21H20N6O5. The lowest BCUT2D eigenvalue weighted by Crippen LogP contribution is -2.40. The number of furan rings is 1. The predicted molar refractivity (Wildman–Crippen MR) is 112 cm³/mol. The average molecular weight is 436 g/mol. The second kappa shape index (κ2) is 8.84. The summed E-state index contributed by atoms with van der Waals surface area (Å²) in [6.07, 6.45) is 2.90. The van der Waals surface area contributed by atoms with Crippen LogP contribution in [0.4, 0.5) is 0 Å². The molecule has 0 fully saturated rings. The molecule has 0 aliphatic heterocycles. The Morgan fingerprint density at radius 1 is 1.16 bits per heavy atom. The summed E-state index contributed by atoms with van der Waals surface area (Å²) in [4.78, 5) is 41.5. The zero-order valence-electron chi connectivity index (χ0n) is 17.4. The molecule has 1 aromatic carbocycles. The summed E-state index contributed by atoms with van der Waals surface area (Å²) in [5.41, 5.74) is -1.09. The van der Waals surface area contributed by atoms with Gasteiger partial charge in [0.2, 0.25) is 5.82 Å². The fourth-order valence-electron chi connectivity index (χ4n) is 3.03. The van der Waals surface area contributed by atoms with Gasteiger partial charge in [0.25, 0.3) is 5.56 Å². The molecule has 11 nitrogen and oxygen atoms in total. The van der Waals surface area contributed by atoms with Crippen molar-refractivity contribution in [2.45, 2.75) is 25.8 Å². The van der Waals surface area contributed by atoms with E-state index in [1.165, 1.54) is 7.05 Å². The van der Waals surface area contributed by atoms with E-state index in [2.05, 4.69) is 20.6 Å². The summed E-state index contributed by atoms with van der Waals surface area (Å²) in [5.74, 6) is -0.264. The second-order valence-corrected chi connectivity index (χ2v) is 7.16. The van der Waals surface area contributed by atoms with Gasteiger partial charge in [-0.3, -0.25) is 14.2 Å². The topological polar surface area (TPSA) is 138 Å². The summed E-state index contributed by atoms with van der Waals surface area (Å²) < 4.78 is 12.3. The zero-order chi connectivity index (χ0) is 22.7. The first-order chi connectivity index (χ1) is 15.4. The Morgan fingerprint density at radius 3 is 2.66 bits per heavy atom. The molecule has 164 valence electrons. The van der Waals surface area contributed by atoms with Crippen molar-refractivity contribution in [2.75, 3.05) is 0 Å². The highest BCUT2D eigenvalue weighted by Crippen LogP contribution is 2.11. The van der Waals surface area contributed by atoms with Crippen LogP contribution in [0.1, 0.15) is 29.8 Å². The number of benzene rings is 1. The van der Waals surface area contributed by atoms with Gasteiger partial charge < -0.3 is 14.3 Å². The molecule has 0 bridgehead atoms. The maximum atomic E-state index is 12.6. The lowest BCUT2D eigenvalue weighted by atomic mass is 10.1. The fraction of sp³-hybridized carbons (Fsp3) is 0.238. The van der Waals surface area contributed by atoms with Crippen molar-refractivity contribution in [2.24, 2.45) is 7.05 Å². The summed E-state index contributed by atoms with van der Waals surface area (Å²) >= 11 is 0. The maximum absolute atomic E-state index is 12.6. The lowest BCUT2D eigenvalue weighted by Gasteiger charge is -2.10. The Morgan fingerprint density at radius 2 is 1.94 bits per heavy atom. The van der Waals surface area contributed by atoms with E-state index in [-0.39, 0.29) is 23.5 Å². The molecule has 1 amide bonds.